The molecule has 0 saturated heterocycles. The second-order valence-corrected chi connectivity index (χ2v) is 18.8. The molecular formula is C60H58Cl2N12O6. The molecule has 0 saturated carbocycles. The highest BCUT2D eigenvalue weighted by Crippen LogP contribution is 2.39. The normalized spacial score (nSPS) is 11.0. The Hall–Kier alpha value is -9.30. The van der Waals surface area contributed by atoms with Crippen LogP contribution in [0.15, 0.2) is 146 Å². The van der Waals surface area contributed by atoms with Crippen molar-refractivity contribution in [1.29, 1.82) is 10.5 Å². The maximum Gasteiger partial charge on any atom is 0.248 e. The van der Waals surface area contributed by atoms with E-state index in [1.54, 1.807) is 85.2 Å². The minimum Gasteiger partial charge on any atom is -0.492 e. The molecule has 0 atom stereocenters. The van der Waals surface area contributed by atoms with Crippen LogP contribution in [-0.4, -0.2) is 96.0 Å². The highest BCUT2D eigenvalue weighted by atomic mass is 35.5. The molecule has 0 fully saturated rings. The zero-order valence-corrected chi connectivity index (χ0v) is 46.4. The lowest BCUT2D eigenvalue weighted by Gasteiger charge is -2.16. The third kappa shape index (κ3) is 16.4. The lowest BCUT2D eigenvalue weighted by atomic mass is 10.1. The third-order valence-electron chi connectivity index (χ3n) is 11.4. The molecule has 0 radical (unpaired) electrons. The highest BCUT2D eigenvalue weighted by molar-refractivity contribution is 6.32. The number of hydrogen-bond donors (Lipinski definition) is 4. The number of anilines is 6. The summed E-state index contributed by atoms with van der Waals surface area (Å²) < 4.78 is 23.2. The molecule has 0 spiro atoms. The molecule has 2 amide bonds. The molecule has 80 heavy (non-hydrogen) atoms. The number of ether oxygens (including phenoxy) is 4. The van der Waals surface area contributed by atoms with Gasteiger partial charge in [-0.2, -0.15) is 10.5 Å². The summed E-state index contributed by atoms with van der Waals surface area (Å²) in [6, 6.07) is 33.1. The molecule has 4 aromatic carbocycles. The number of hydrogen-bond acceptors (Lipinski definition) is 16. The molecule has 0 unspecified atom stereocenters. The summed E-state index contributed by atoms with van der Waals surface area (Å²) in [6.07, 6.45) is 12.9. The first-order valence-electron chi connectivity index (χ1n) is 25.2. The van der Waals surface area contributed by atoms with Crippen molar-refractivity contribution in [3.05, 3.63) is 179 Å². The average Bonchev–Trinajstić information content (AvgIpc) is 3.47. The Labute approximate surface area is 474 Å². The molecule has 8 aromatic rings. The monoisotopic (exact) mass is 1110 g/mol. The van der Waals surface area contributed by atoms with Gasteiger partial charge in [-0.3, -0.25) is 29.5 Å². The number of nitrogens with zero attached hydrogens (tertiary/aromatic N) is 8. The van der Waals surface area contributed by atoms with Gasteiger partial charge in [0.1, 0.15) is 48.4 Å². The summed E-state index contributed by atoms with van der Waals surface area (Å²) in [5, 5.41) is 34.1. The molecule has 0 bridgehead atoms. The maximum absolute atomic E-state index is 12.6. The van der Waals surface area contributed by atoms with Gasteiger partial charge in [-0.1, -0.05) is 47.5 Å². The number of likely N-dealkylation sites (N-methyl/N-ethyl adjacent to an activating group) is 2. The number of benzene rings is 4. The number of pyridine rings is 4. The molecular weight excluding hydrogens is 1060 g/mol. The van der Waals surface area contributed by atoms with E-state index in [9.17, 15) is 20.1 Å². The molecule has 18 nitrogen and oxygen atoms in total. The largest absolute Gasteiger partial charge is 0.492 e. The van der Waals surface area contributed by atoms with Crippen LogP contribution in [0.5, 0.6) is 23.0 Å². The van der Waals surface area contributed by atoms with E-state index >= 15 is 0 Å². The van der Waals surface area contributed by atoms with Crippen molar-refractivity contribution in [3.63, 3.8) is 0 Å². The van der Waals surface area contributed by atoms with Gasteiger partial charge in [-0.05, 0) is 115 Å². The SMILES string of the molecule is CCOc1cc2ncc(C#N)c(Nc3ccc(OCc4ccccn4)c(Cl)c3)c2cc1NC(=O)/C=C/CN(C)C.CCOc1cc2ncc(C#N)c(Nc3ccc(OCc4ccccn4)c(Cl)c3)c2cc1NC(=O)/C=C/CN(C)C. The van der Waals surface area contributed by atoms with Crippen LogP contribution in [0.2, 0.25) is 10.0 Å². The molecule has 8 rings (SSSR count). The van der Waals surface area contributed by atoms with E-state index in [4.69, 9.17) is 42.1 Å². The van der Waals surface area contributed by atoms with Crippen LogP contribution in [0.1, 0.15) is 36.4 Å². The van der Waals surface area contributed by atoms with E-state index in [-0.39, 0.29) is 25.0 Å². The number of carbonyl (C=O) groups excluding carboxylic acids is 2. The second-order valence-electron chi connectivity index (χ2n) is 18.0. The number of carbonyl (C=O) groups is 2. The van der Waals surface area contributed by atoms with Crippen LogP contribution in [0, 0.1) is 22.7 Å². The standard InChI is InChI=1S/2C30H29ClN6O3/c2*1-4-39-28-16-25-23(15-26(28)36-29(38)9-7-13-37(2)3)30(20(17-32)18-34-25)35-21-10-11-27(24(31)14-21)40-19-22-8-5-6-12-33-22/h2*5-12,14-16,18H,4,13,19H2,1-3H3,(H,34,35)(H,36,38)/b2*9-7+. The number of aromatic nitrogens is 4. The minimum atomic E-state index is -0.297. The molecule has 408 valence electrons. The van der Waals surface area contributed by atoms with Crippen molar-refractivity contribution in [2.45, 2.75) is 27.1 Å². The number of rotatable bonds is 22. The fraction of sp³-hybridized carbons (Fsp3) is 0.200. The third-order valence-corrected chi connectivity index (χ3v) is 12.0. The van der Waals surface area contributed by atoms with Crippen LogP contribution in [0.25, 0.3) is 21.8 Å². The fourth-order valence-electron chi connectivity index (χ4n) is 7.66. The van der Waals surface area contributed by atoms with Crippen LogP contribution >= 0.6 is 23.2 Å². The van der Waals surface area contributed by atoms with Gasteiger partial charge in [0.15, 0.2) is 0 Å². The van der Waals surface area contributed by atoms with Gasteiger partial charge in [-0.15, -0.1) is 0 Å². The van der Waals surface area contributed by atoms with Gasteiger partial charge in [0.2, 0.25) is 11.8 Å². The second kappa shape index (κ2) is 28.9. The molecule has 4 N–H and O–H groups in total. The van der Waals surface area contributed by atoms with Gasteiger partial charge in [-0.25, -0.2) is 0 Å². The Morgan fingerprint density at radius 1 is 0.562 bits per heavy atom. The molecule has 4 heterocycles. The van der Waals surface area contributed by atoms with Crippen molar-refractivity contribution < 1.29 is 28.5 Å². The summed E-state index contributed by atoms with van der Waals surface area (Å²) in [5.41, 5.74) is 6.65. The average molecular weight is 1110 g/mol. The van der Waals surface area contributed by atoms with E-state index in [1.165, 1.54) is 24.5 Å². The summed E-state index contributed by atoms with van der Waals surface area (Å²) in [7, 11) is 7.68. The van der Waals surface area contributed by atoms with Gasteiger partial charge < -0.3 is 50.0 Å². The molecule has 4 aromatic heterocycles. The van der Waals surface area contributed by atoms with E-state index in [0.29, 0.717) is 126 Å². The first kappa shape index (κ1) is 58.4. The Morgan fingerprint density at radius 2 is 0.988 bits per heavy atom. The molecule has 0 aliphatic rings. The molecule has 0 aliphatic carbocycles. The number of nitrogens with one attached hydrogen (secondary N) is 4. The number of fused-ring (bicyclic) bond motifs is 2. The van der Waals surface area contributed by atoms with E-state index < -0.39 is 0 Å². The lowest BCUT2D eigenvalue weighted by Crippen LogP contribution is -2.13. The predicted molar refractivity (Wildman–Crippen MR) is 315 cm³/mol. The lowest BCUT2D eigenvalue weighted by molar-refractivity contribution is -0.112. The van der Waals surface area contributed by atoms with E-state index in [0.717, 1.165) is 11.4 Å². The van der Waals surface area contributed by atoms with Crippen LogP contribution in [0.3, 0.4) is 0 Å². The number of nitriles is 2. The number of amides is 2. The molecule has 0 aliphatic heterocycles. The Balaban J connectivity index is 0.000000231. The minimum absolute atomic E-state index is 0.280. The van der Waals surface area contributed by atoms with Crippen molar-refractivity contribution in [1.82, 2.24) is 29.7 Å². The fourth-order valence-corrected chi connectivity index (χ4v) is 8.13. The number of halogens is 2. The van der Waals surface area contributed by atoms with Gasteiger partial charge in [0.05, 0.1) is 79.6 Å². The van der Waals surface area contributed by atoms with Gasteiger partial charge >= 0.3 is 0 Å². The summed E-state index contributed by atoms with van der Waals surface area (Å²) in [5.74, 6) is 1.37. The smallest absolute Gasteiger partial charge is 0.248 e. The van der Waals surface area contributed by atoms with Crippen LogP contribution in [0.4, 0.5) is 34.1 Å². The molecule has 20 heteroatoms. The Bertz CT molecular complexity index is 3370. The summed E-state index contributed by atoms with van der Waals surface area (Å²) in [6.45, 7) is 6.34. The van der Waals surface area contributed by atoms with E-state index in [1.807, 2.05) is 88.2 Å². The topological polar surface area (TPSA) is 225 Å². The first-order valence-corrected chi connectivity index (χ1v) is 25.9. The van der Waals surface area contributed by atoms with Crippen molar-refractivity contribution in [2.75, 3.05) is 75.8 Å². The highest BCUT2D eigenvalue weighted by Gasteiger charge is 2.18. The Morgan fingerprint density at radius 3 is 1.34 bits per heavy atom. The van der Waals surface area contributed by atoms with Crippen LogP contribution < -0.4 is 40.2 Å². The predicted octanol–water partition coefficient (Wildman–Crippen LogP) is 11.9. The quantitative estimate of drug-likeness (QED) is 0.0463. The summed E-state index contributed by atoms with van der Waals surface area (Å²) >= 11 is 13.0. The van der Waals surface area contributed by atoms with E-state index in [2.05, 4.69) is 53.3 Å². The van der Waals surface area contributed by atoms with Crippen molar-refractivity contribution in [3.8, 4) is 35.1 Å². The van der Waals surface area contributed by atoms with Gasteiger partial charge in [0.25, 0.3) is 0 Å². The zero-order chi connectivity index (χ0) is 57.0. The van der Waals surface area contributed by atoms with Crippen molar-refractivity contribution >= 4 is 90.9 Å². The van der Waals surface area contributed by atoms with Crippen LogP contribution in [-0.2, 0) is 22.8 Å². The summed E-state index contributed by atoms with van der Waals surface area (Å²) in [4.78, 5) is 46.5. The Kier molecular flexibility index (Phi) is 21.1. The zero-order valence-electron chi connectivity index (χ0n) is 44.9. The van der Waals surface area contributed by atoms with Crippen molar-refractivity contribution in [2.24, 2.45) is 0 Å². The maximum atomic E-state index is 12.6. The first-order chi connectivity index (χ1) is 38.7. The van der Waals surface area contributed by atoms with Gasteiger partial charge in [0, 0.05) is 84.3 Å².